The smallest absolute Gasteiger partial charge is 0.228 e. The normalized spacial score (nSPS) is 23.6. The molecule has 1 aliphatic heterocycles. The molecule has 1 aliphatic rings. The first-order valence-electron chi connectivity index (χ1n) is 7.57. The summed E-state index contributed by atoms with van der Waals surface area (Å²) in [4.78, 5) is 12.6. The van der Waals surface area contributed by atoms with Gasteiger partial charge in [-0.15, -0.1) is 0 Å². The van der Waals surface area contributed by atoms with Crippen LogP contribution in [0.25, 0.3) is 0 Å². The highest BCUT2D eigenvalue weighted by atomic mass is 16.2. The minimum Gasteiger partial charge on any atom is -0.349 e. The zero-order valence-electron chi connectivity index (χ0n) is 13.0. The largest absolute Gasteiger partial charge is 0.349 e. The Hall–Kier alpha value is -1.35. The van der Waals surface area contributed by atoms with E-state index < -0.39 is 0 Å². The number of aryl methyl sites for hydroxylation is 2. The molecule has 110 valence electrons. The number of carbonyl (C=O) groups is 1. The van der Waals surface area contributed by atoms with Gasteiger partial charge in [0.25, 0.3) is 0 Å². The molecule has 1 heterocycles. The van der Waals surface area contributed by atoms with E-state index in [4.69, 9.17) is 0 Å². The van der Waals surface area contributed by atoms with Crippen LogP contribution in [0.2, 0.25) is 0 Å². The minimum absolute atomic E-state index is 0.0622. The molecule has 1 aromatic carbocycles. The van der Waals surface area contributed by atoms with Gasteiger partial charge in [0.2, 0.25) is 5.91 Å². The van der Waals surface area contributed by atoms with Crippen LogP contribution in [0.3, 0.4) is 0 Å². The summed E-state index contributed by atoms with van der Waals surface area (Å²) in [5.74, 6) is 0.192. The van der Waals surface area contributed by atoms with Crippen molar-refractivity contribution in [2.24, 2.45) is 5.41 Å². The Bertz CT molecular complexity index is 490. The highest BCUT2D eigenvalue weighted by Crippen LogP contribution is 2.31. The highest BCUT2D eigenvalue weighted by molar-refractivity contribution is 5.83. The molecular formula is C17H26N2O. The summed E-state index contributed by atoms with van der Waals surface area (Å²) >= 11 is 0. The van der Waals surface area contributed by atoms with E-state index in [1.807, 2.05) is 0 Å². The number of benzene rings is 1. The van der Waals surface area contributed by atoms with Crippen LogP contribution in [0.15, 0.2) is 18.2 Å². The van der Waals surface area contributed by atoms with Crippen LogP contribution >= 0.6 is 0 Å². The Morgan fingerprint density at radius 3 is 2.75 bits per heavy atom. The standard InChI is InChI=1S/C17H26N2O/c1-5-17(8-9-18-11-17)16(20)19-14(4)15-7-6-12(2)10-13(15)3/h6-7,10,14,18H,5,8-9,11H2,1-4H3,(H,19,20). The van der Waals surface area contributed by atoms with Crippen molar-refractivity contribution in [1.82, 2.24) is 10.6 Å². The Balaban J connectivity index is 2.10. The Morgan fingerprint density at radius 2 is 2.20 bits per heavy atom. The summed E-state index contributed by atoms with van der Waals surface area (Å²) in [6.45, 7) is 10.1. The number of amides is 1. The van der Waals surface area contributed by atoms with Crippen LogP contribution in [-0.2, 0) is 4.79 Å². The second-order valence-corrected chi connectivity index (χ2v) is 6.12. The number of nitrogens with one attached hydrogen (secondary N) is 2. The van der Waals surface area contributed by atoms with Gasteiger partial charge >= 0.3 is 0 Å². The van der Waals surface area contributed by atoms with Gasteiger partial charge in [-0.25, -0.2) is 0 Å². The van der Waals surface area contributed by atoms with Crippen LogP contribution < -0.4 is 10.6 Å². The molecule has 0 bridgehead atoms. The van der Waals surface area contributed by atoms with E-state index in [9.17, 15) is 4.79 Å². The monoisotopic (exact) mass is 274 g/mol. The summed E-state index contributed by atoms with van der Waals surface area (Å²) in [6.07, 6.45) is 1.83. The third-order valence-electron chi connectivity index (χ3n) is 4.64. The number of hydrogen-bond donors (Lipinski definition) is 2. The lowest BCUT2D eigenvalue weighted by molar-refractivity contribution is -0.131. The van der Waals surface area contributed by atoms with Crippen molar-refractivity contribution < 1.29 is 4.79 Å². The number of hydrogen-bond acceptors (Lipinski definition) is 2. The van der Waals surface area contributed by atoms with Crippen LogP contribution in [-0.4, -0.2) is 19.0 Å². The van der Waals surface area contributed by atoms with Gasteiger partial charge in [-0.05, 0) is 51.3 Å². The third kappa shape index (κ3) is 2.88. The first-order valence-corrected chi connectivity index (χ1v) is 7.57. The molecule has 1 saturated heterocycles. The minimum atomic E-state index is -0.215. The molecule has 3 nitrogen and oxygen atoms in total. The maximum absolute atomic E-state index is 12.6. The fourth-order valence-corrected chi connectivity index (χ4v) is 3.14. The third-order valence-corrected chi connectivity index (χ3v) is 4.64. The molecule has 1 amide bonds. The molecular weight excluding hydrogens is 248 g/mol. The van der Waals surface area contributed by atoms with Gasteiger partial charge in [0.15, 0.2) is 0 Å². The van der Waals surface area contributed by atoms with Gasteiger partial charge in [-0.3, -0.25) is 4.79 Å². The molecule has 0 aromatic heterocycles. The summed E-state index contributed by atoms with van der Waals surface area (Å²) in [5, 5.41) is 6.53. The first kappa shape index (κ1) is 15.0. The van der Waals surface area contributed by atoms with E-state index in [1.165, 1.54) is 16.7 Å². The fraction of sp³-hybridized carbons (Fsp3) is 0.588. The topological polar surface area (TPSA) is 41.1 Å². The Labute approximate surface area is 122 Å². The van der Waals surface area contributed by atoms with E-state index in [0.29, 0.717) is 0 Å². The molecule has 0 spiro atoms. The van der Waals surface area contributed by atoms with E-state index in [1.54, 1.807) is 0 Å². The molecule has 0 radical (unpaired) electrons. The van der Waals surface area contributed by atoms with Crippen LogP contribution in [0, 0.1) is 19.3 Å². The molecule has 1 fully saturated rings. The van der Waals surface area contributed by atoms with Crippen LogP contribution in [0.4, 0.5) is 0 Å². The molecule has 2 N–H and O–H groups in total. The lowest BCUT2D eigenvalue weighted by atomic mass is 9.83. The van der Waals surface area contributed by atoms with Crippen molar-refractivity contribution >= 4 is 5.91 Å². The van der Waals surface area contributed by atoms with Crippen molar-refractivity contribution in [2.45, 2.75) is 46.6 Å². The Morgan fingerprint density at radius 1 is 1.45 bits per heavy atom. The molecule has 2 rings (SSSR count). The van der Waals surface area contributed by atoms with Gasteiger partial charge in [-0.1, -0.05) is 30.7 Å². The number of rotatable bonds is 4. The second kappa shape index (κ2) is 5.96. The molecule has 3 heteroatoms. The zero-order chi connectivity index (χ0) is 14.8. The quantitative estimate of drug-likeness (QED) is 0.886. The number of carbonyl (C=O) groups excluding carboxylic acids is 1. The van der Waals surface area contributed by atoms with Crippen molar-refractivity contribution in [1.29, 1.82) is 0 Å². The average molecular weight is 274 g/mol. The molecule has 20 heavy (non-hydrogen) atoms. The molecule has 0 aliphatic carbocycles. The van der Waals surface area contributed by atoms with Gasteiger partial charge in [0.05, 0.1) is 11.5 Å². The van der Waals surface area contributed by atoms with Gasteiger partial charge in [0, 0.05) is 6.54 Å². The van der Waals surface area contributed by atoms with Crippen LogP contribution in [0.5, 0.6) is 0 Å². The van der Waals surface area contributed by atoms with E-state index in [-0.39, 0.29) is 17.4 Å². The van der Waals surface area contributed by atoms with Crippen molar-refractivity contribution in [2.75, 3.05) is 13.1 Å². The van der Waals surface area contributed by atoms with Crippen molar-refractivity contribution in [3.8, 4) is 0 Å². The maximum atomic E-state index is 12.6. The summed E-state index contributed by atoms with van der Waals surface area (Å²) in [6, 6.07) is 6.47. The van der Waals surface area contributed by atoms with Gasteiger partial charge < -0.3 is 10.6 Å². The van der Waals surface area contributed by atoms with E-state index in [2.05, 4.69) is 56.5 Å². The molecule has 0 saturated carbocycles. The SMILES string of the molecule is CCC1(C(=O)NC(C)c2ccc(C)cc2C)CCNC1. The average Bonchev–Trinajstić information content (AvgIpc) is 2.88. The summed E-state index contributed by atoms with van der Waals surface area (Å²) in [5.41, 5.74) is 3.50. The van der Waals surface area contributed by atoms with Gasteiger partial charge in [-0.2, -0.15) is 0 Å². The summed E-state index contributed by atoms with van der Waals surface area (Å²) in [7, 11) is 0. The van der Waals surface area contributed by atoms with Crippen LogP contribution in [0.1, 0.15) is 49.4 Å². The first-order chi connectivity index (χ1) is 9.48. The molecule has 2 unspecified atom stereocenters. The lowest BCUT2D eigenvalue weighted by Crippen LogP contribution is -2.43. The van der Waals surface area contributed by atoms with E-state index in [0.717, 1.165) is 25.9 Å². The highest BCUT2D eigenvalue weighted by Gasteiger charge is 2.39. The maximum Gasteiger partial charge on any atom is 0.228 e. The molecule has 1 aromatic rings. The van der Waals surface area contributed by atoms with Gasteiger partial charge in [0.1, 0.15) is 0 Å². The second-order valence-electron chi connectivity index (χ2n) is 6.12. The van der Waals surface area contributed by atoms with Crippen molar-refractivity contribution in [3.05, 3.63) is 34.9 Å². The van der Waals surface area contributed by atoms with Crippen molar-refractivity contribution in [3.63, 3.8) is 0 Å². The summed E-state index contributed by atoms with van der Waals surface area (Å²) < 4.78 is 0. The fourth-order valence-electron chi connectivity index (χ4n) is 3.14. The molecule has 2 atom stereocenters. The predicted octanol–water partition coefficient (Wildman–Crippen LogP) is 2.87. The zero-order valence-corrected chi connectivity index (χ0v) is 13.0. The predicted molar refractivity (Wildman–Crippen MR) is 82.7 cm³/mol. The Kier molecular flexibility index (Phi) is 4.48. The lowest BCUT2D eigenvalue weighted by Gasteiger charge is -2.28. The van der Waals surface area contributed by atoms with E-state index >= 15 is 0 Å².